The molecule has 1 aliphatic carbocycles. The topological polar surface area (TPSA) is 59.2 Å². The lowest BCUT2D eigenvalue weighted by Crippen LogP contribution is -2.49. The summed E-state index contributed by atoms with van der Waals surface area (Å²) in [6, 6.07) is 1.71. The SMILES string of the molecule is Nc1nccc(C(=O)N2CCCC3CCCCC32)c1F. The third-order valence-electron chi connectivity index (χ3n) is 4.65. The van der Waals surface area contributed by atoms with Crippen molar-refractivity contribution in [3.8, 4) is 0 Å². The summed E-state index contributed by atoms with van der Waals surface area (Å²) in [5.74, 6) is -0.527. The molecule has 1 saturated carbocycles. The molecule has 2 heterocycles. The molecular formula is C15H20FN3O. The van der Waals surface area contributed by atoms with E-state index in [-0.39, 0.29) is 23.3 Å². The maximum Gasteiger partial charge on any atom is 0.257 e. The number of nitrogens with two attached hydrogens (primary N) is 1. The summed E-state index contributed by atoms with van der Waals surface area (Å²) in [5.41, 5.74) is 5.52. The number of anilines is 1. The lowest BCUT2D eigenvalue weighted by molar-refractivity contribution is 0.0386. The molecule has 3 rings (SSSR count). The fourth-order valence-corrected chi connectivity index (χ4v) is 3.66. The summed E-state index contributed by atoms with van der Waals surface area (Å²) in [5, 5.41) is 0. The first kappa shape index (κ1) is 13.3. The lowest BCUT2D eigenvalue weighted by Gasteiger charge is -2.44. The third-order valence-corrected chi connectivity index (χ3v) is 4.65. The van der Waals surface area contributed by atoms with Crippen LogP contribution in [0.5, 0.6) is 0 Å². The molecule has 0 aromatic carbocycles. The molecule has 2 unspecified atom stereocenters. The molecule has 2 atom stereocenters. The molecule has 1 saturated heterocycles. The predicted molar refractivity (Wildman–Crippen MR) is 74.6 cm³/mol. The molecule has 1 aromatic heterocycles. The number of hydrogen-bond donors (Lipinski definition) is 1. The van der Waals surface area contributed by atoms with Crippen LogP contribution in [0.1, 0.15) is 48.9 Å². The third kappa shape index (κ3) is 2.25. The second-order valence-corrected chi connectivity index (χ2v) is 5.81. The number of nitrogens with zero attached hydrogens (tertiary/aromatic N) is 2. The molecule has 1 aromatic rings. The number of carbonyl (C=O) groups is 1. The minimum absolute atomic E-state index is 0.0590. The van der Waals surface area contributed by atoms with E-state index in [1.807, 2.05) is 4.90 Å². The zero-order valence-electron chi connectivity index (χ0n) is 11.5. The molecule has 5 heteroatoms. The molecule has 1 aliphatic heterocycles. The van der Waals surface area contributed by atoms with Gasteiger partial charge in [-0.2, -0.15) is 0 Å². The number of aromatic nitrogens is 1. The van der Waals surface area contributed by atoms with Crippen LogP contribution in [0.4, 0.5) is 10.2 Å². The van der Waals surface area contributed by atoms with Crippen LogP contribution in [0.3, 0.4) is 0 Å². The Bertz CT molecular complexity index is 518. The molecule has 108 valence electrons. The minimum Gasteiger partial charge on any atom is -0.381 e. The van der Waals surface area contributed by atoms with Gasteiger partial charge >= 0.3 is 0 Å². The molecule has 20 heavy (non-hydrogen) atoms. The van der Waals surface area contributed by atoms with Gasteiger partial charge in [0, 0.05) is 18.8 Å². The number of halogens is 1. The second kappa shape index (κ2) is 5.38. The number of nitrogen functional groups attached to an aromatic ring is 1. The van der Waals surface area contributed by atoms with Gasteiger partial charge in [0.2, 0.25) is 0 Å². The van der Waals surface area contributed by atoms with Crippen molar-refractivity contribution < 1.29 is 9.18 Å². The summed E-state index contributed by atoms with van der Waals surface area (Å²) in [4.78, 5) is 18.2. The largest absolute Gasteiger partial charge is 0.381 e. The zero-order valence-corrected chi connectivity index (χ0v) is 11.5. The van der Waals surface area contributed by atoms with Crippen LogP contribution in [-0.2, 0) is 0 Å². The maximum absolute atomic E-state index is 14.0. The van der Waals surface area contributed by atoms with Gasteiger partial charge in [0.1, 0.15) is 0 Å². The molecule has 1 amide bonds. The average molecular weight is 277 g/mol. The standard InChI is InChI=1S/C15H20FN3O/c16-13-11(7-8-18-14(13)17)15(20)19-9-3-5-10-4-1-2-6-12(10)19/h7-8,10,12H,1-6,9H2,(H2,17,18). The van der Waals surface area contributed by atoms with Crippen LogP contribution in [0.2, 0.25) is 0 Å². The average Bonchev–Trinajstić information content (AvgIpc) is 2.49. The molecule has 2 aliphatic rings. The Balaban J connectivity index is 1.87. The number of piperidine rings is 1. The van der Waals surface area contributed by atoms with Crippen molar-refractivity contribution in [3.05, 3.63) is 23.6 Å². The first-order valence-corrected chi connectivity index (χ1v) is 7.39. The van der Waals surface area contributed by atoms with Crippen LogP contribution in [0, 0.1) is 11.7 Å². The Labute approximate surface area is 118 Å². The van der Waals surface area contributed by atoms with Crippen molar-refractivity contribution in [2.75, 3.05) is 12.3 Å². The fraction of sp³-hybridized carbons (Fsp3) is 0.600. The van der Waals surface area contributed by atoms with Crippen LogP contribution in [0.25, 0.3) is 0 Å². The van der Waals surface area contributed by atoms with Crippen LogP contribution < -0.4 is 5.73 Å². The highest BCUT2D eigenvalue weighted by atomic mass is 19.1. The van der Waals surface area contributed by atoms with Gasteiger partial charge in [-0.1, -0.05) is 12.8 Å². The number of rotatable bonds is 1. The predicted octanol–water partition coefficient (Wildman–Crippen LogP) is 2.60. The number of fused-ring (bicyclic) bond motifs is 1. The van der Waals surface area contributed by atoms with Crippen molar-refractivity contribution in [2.45, 2.75) is 44.6 Å². The van der Waals surface area contributed by atoms with E-state index in [1.54, 1.807) is 0 Å². The van der Waals surface area contributed by atoms with Gasteiger partial charge in [0.05, 0.1) is 5.56 Å². The number of hydrogen-bond acceptors (Lipinski definition) is 3. The molecule has 0 spiro atoms. The molecular weight excluding hydrogens is 257 g/mol. The first-order chi connectivity index (χ1) is 9.68. The van der Waals surface area contributed by atoms with Crippen LogP contribution in [0.15, 0.2) is 12.3 Å². The van der Waals surface area contributed by atoms with E-state index >= 15 is 0 Å². The lowest BCUT2D eigenvalue weighted by atomic mass is 9.78. The van der Waals surface area contributed by atoms with Gasteiger partial charge in [-0.15, -0.1) is 0 Å². The monoisotopic (exact) mass is 277 g/mol. The highest BCUT2D eigenvalue weighted by Gasteiger charge is 2.36. The highest BCUT2D eigenvalue weighted by Crippen LogP contribution is 2.36. The van der Waals surface area contributed by atoms with E-state index in [2.05, 4.69) is 4.98 Å². The highest BCUT2D eigenvalue weighted by molar-refractivity contribution is 5.95. The van der Waals surface area contributed by atoms with E-state index in [0.717, 1.165) is 25.8 Å². The van der Waals surface area contributed by atoms with Gasteiger partial charge in [-0.25, -0.2) is 9.37 Å². The van der Waals surface area contributed by atoms with Crippen molar-refractivity contribution in [2.24, 2.45) is 5.92 Å². The molecule has 0 radical (unpaired) electrons. The summed E-state index contributed by atoms with van der Waals surface area (Å²) in [7, 11) is 0. The Hall–Kier alpha value is -1.65. The summed E-state index contributed by atoms with van der Waals surface area (Å²) in [6.07, 6.45) is 8.23. The van der Waals surface area contributed by atoms with Gasteiger partial charge in [0.15, 0.2) is 11.6 Å². The number of amides is 1. The molecule has 2 N–H and O–H groups in total. The van der Waals surface area contributed by atoms with Crippen molar-refractivity contribution in [1.29, 1.82) is 0 Å². The summed E-state index contributed by atoms with van der Waals surface area (Å²) >= 11 is 0. The normalized spacial score (nSPS) is 26.1. The van der Waals surface area contributed by atoms with E-state index < -0.39 is 5.82 Å². The smallest absolute Gasteiger partial charge is 0.257 e. The van der Waals surface area contributed by atoms with Crippen molar-refractivity contribution >= 4 is 11.7 Å². The number of pyridine rings is 1. The number of carbonyl (C=O) groups excluding carboxylic acids is 1. The maximum atomic E-state index is 14.0. The Morgan fingerprint density at radius 3 is 2.90 bits per heavy atom. The van der Waals surface area contributed by atoms with E-state index in [0.29, 0.717) is 5.92 Å². The van der Waals surface area contributed by atoms with E-state index in [4.69, 9.17) is 5.73 Å². The van der Waals surface area contributed by atoms with E-state index in [1.165, 1.54) is 31.5 Å². The fourth-order valence-electron chi connectivity index (χ4n) is 3.66. The van der Waals surface area contributed by atoms with Gasteiger partial charge in [-0.05, 0) is 37.7 Å². The van der Waals surface area contributed by atoms with Gasteiger partial charge < -0.3 is 10.6 Å². The van der Waals surface area contributed by atoms with E-state index in [9.17, 15) is 9.18 Å². The Kier molecular flexibility index (Phi) is 3.59. The number of likely N-dealkylation sites (tertiary alicyclic amines) is 1. The van der Waals surface area contributed by atoms with Gasteiger partial charge in [-0.3, -0.25) is 4.79 Å². The van der Waals surface area contributed by atoms with Crippen LogP contribution in [-0.4, -0.2) is 28.4 Å². The van der Waals surface area contributed by atoms with Crippen molar-refractivity contribution in [1.82, 2.24) is 9.88 Å². The molecule has 0 bridgehead atoms. The quantitative estimate of drug-likeness (QED) is 0.858. The van der Waals surface area contributed by atoms with Gasteiger partial charge in [0.25, 0.3) is 5.91 Å². The molecule has 2 fully saturated rings. The Morgan fingerprint density at radius 2 is 2.05 bits per heavy atom. The Morgan fingerprint density at radius 1 is 1.30 bits per heavy atom. The zero-order chi connectivity index (χ0) is 14.1. The summed E-state index contributed by atoms with van der Waals surface area (Å²) < 4.78 is 14.0. The summed E-state index contributed by atoms with van der Waals surface area (Å²) in [6.45, 7) is 0.724. The van der Waals surface area contributed by atoms with Crippen LogP contribution >= 0.6 is 0 Å². The first-order valence-electron chi connectivity index (χ1n) is 7.39. The molecule has 4 nitrogen and oxygen atoms in total. The van der Waals surface area contributed by atoms with Crippen molar-refractivity contribution in [3.63, 3.8) is 0 Å². The second-order valence-electron chi connectivity index (χ2n) is 5.81. The minimum atomic E-state index is -0.685.